The predicted octanol–water partition coefficient (Wildman–Crippen LogP) is 2.66. The normalized spacial score (nSPS) is 17.0. The average Bonchev–Trinajstić information content (AvgIpc) is 2.58. The summed E-state index contributed by atoms with van der Waals surface area (Å²) in [6.07, 6.45) is 0.703. The van der Waals surface area contributed by atoms with Gasteiger partial charge in [-0.15, -0.1) is 0 Å². The van der Waals surface area contributed by atoms with Crippen molar-refractivity contribution in [2.75, 3.05) is 32.8 Å². The minimum atomic E-state index is -0.351. The van der Waals surface area contributed by atoms with Gasteiger partial charge >= 0.3 is 6.09 Å². The lowest BCUT2D eigenvalue weighted by Crippen LogP contribution is -2.49. The third kappa shape index (κ3) is 6.59. The summed E-state index contributed by atoms with van der Waals surface area (Å²) in [5.41, 5.74) is 0.995. The minimum Gasteiger partial charge on any atom is -0.445 e. The molecule has 0 radical (unpaired) electrons. The zero-order valence-electron chi connectivity index (χ0n) is 14.2. The predicted molar refractivity (Wildman–Crippen MR) is 90.3 cm³/mol. The highest BCUT2D eigenvalue weighted by Gasteiger charge is 2.22. The van der Waals surface area contributed by atoms with Gasteiger partial charge in [0.1, 0.15) is 6.61 Å². The Labute approximate surface area is 139 Å². The molecule has 0 saturated carbocycles. The van der Waals surface area contributed by atoms with Crippen LogP contribution in [0.5, 0.6) is 0 Å². The Kier molecular flexibility index (Phi) is 7.36. The highest BCUT2D eigenvalue weighted by atomic mass is 16.5. The van der Waals surface area contributed by atoms with Crippen molar-refractivity contribution in [3.63, 3.8) is 0 Å². The summed E-state index contributed by atoms with van der Waals surface area (Å²) in [6.45, 7) is 8.74. The largest absolute Gasteiger partial charge is 0.445 e. The van der Waals surface area contributed by atoms with Crippen LogP contribution in [0.3, 0.4) is 0 Å². The Morgan fingerprint density at radius 1 is 1.26 bits per heavy atom. The number of nitrogens with one attached hydrogen (secondary N) is 1. The van der Waals surface area contributed by atoms with Gasteiger partial charge in [-0.25, -0.2) is 4.79 Å². The van der Waals surface area contributed by atoms with Crippen molar-refractivity contribution in [2.24, 2.45) is 5.92 Å². The second-order valence-corrected chi connectivity index (χ2v) is 6.37. The molecule has 0 bridgehead atoms. The SMILES string of the molecule is CC(C)CC(CNC(=O)OCc1ccccc1)N1CCOCC1. The molecule has 1 aromatic rings. The van der Waals surface area contributed by atoms with Gasteiger partial charge in [-0.1, -0.05) is 44.2 Å². The summed E-state index contributed by atoms with van der Waals surface area (Å²) in [7, 11) is 0. The van der Waals surface area contributed by atoms with Crippen LogP contribution in [0.4, 0.5) is 4.79 Å². The van der Waals surface area contributed by atoms with Gasteiger partial charge in [0, 0.05) is 25.7 Å². The molecule has 1 fully saturated rings. The van der Waals surface area contributed by atoms with Gasteiger partial charge in [0.2, 0.25) is 0 Å². The Balaban J connectivity index is 1.76. The second kappa shape index (κ2) is 9.53. The molecule has 0 spiro atoms. The maximum absolute atomic E-state index is 11.9. The zero-order chi connectivity index (χ0) is 16.5. The summed E-state index contributed by atoms with van der Waals surface area (Å²) in [5, 5.41) is 2.91. The van der Waals surface area contributed by atoms with Crippen molar-refractivity contribution in [1.29, 1.82) is 0 Å². The number of carbonyl (C=O) groups excluding carboxylic acids is 1. The number of morpholine rings is 1. The number of rotatable bonds is 7. The van der Waals surface area contributed by atoms with E-state index in [9.17, 15) is 4.79 Å². The molecule has 2 rings (SSSR count). The molecule has 1 atom stereocenters. The van der Waals surface area contributed by atoms with Crippen LogP contribution in [0.2, 0.25) is 0 Å². The number of hydrogen-bond donors (Lipinski definition) is 1. The Hall–Kier alpha value is -1.59. The van der Waals surface area contributed by atoms with E-state index in [0.717, 1.165) is 38.3 Å². The fourth-order valence-corrected chi connectivity index (χ4v) is 2.82. The van der Waals surface area contributed by atoms with Crippen LogP contribution in [0.1, 0.15) is 25.8 Å². The van der Waals surface area contributed by atoms with E-state index in [2.05, 4.69) is 24.1 Å². The van der Waals surface area contributed by atoms with Crippen molar-refractivity contribution in [1.82, 2.24) is 10.2 Å². The lowest BCUT2D eigenvalue weighted by atomic mass is 10.0. The van der Waals surface area contributed by atoms with Gasteiger partial charge in [0.25, 0.3) is 0 Å². The van der Waals surface area contributed by atoms with Crippen LogP contribution < -0.4 is 5.32 Å². The fraction of sp³-hybridized carbons (Fsp3) is 0.611. The van der Waals surface area contributed by atoms with E-state index in [1.54, 1.807) is 0 Å². The first-order valence-corrected chi connectivity index (χ1v) is 8.41. The van der Waals surface area contributed by atoms with Gasteiger partial charge in [-0.3, -0.25) is 4.90 Å². The third-order valence-corrected chi connectivity index (χ3v) is 4.00. The minimum absolute atomic E-state index is 0.305. The molecule has 0 aliphatic carbocycles. The van der Waals surface area contributed by atoms with Crippen molar-refractivity contribution in [3.8, 4) is 0 Å². The summed E-state index contributed by atoms with van der Waals surface area (Å²) < 4.78 is 10.7. The van der Waals surface area contributed by atoms with E-state index in [4.69, 9.17) is 9.47 Å². The van der Waals surface area contributed by atoms with Crippen LogP contribution >= 0.6 is 0 Å². The Bertz CT molecular complexity index is 459. The molecule has 1 aromatic carbocycles. The molecule has 0 aromatic heterocycles. The van der Waals surface area contributed by atoms with Crippen molar-refractivity contribution >= 4 is 6.09 Å². The number of ether oxygens (including phenoxy) is 2. The Morgan fingerprint density at radius 3 is 2.61 bits per heavy atom. The van der Waals surface area contributed by atoms with Gasteiger partial charge in [0.05, 0.1) is 13.2 Å². The van der Waals surface area contributed by atoms with Gasteiger partial charge < -0.3 is 14.8 Å². The summed E-state index contributed by atoms with van der Waals surface area (Å²) in [5.74, 6) is 0.588. The summed E-state index contributed by atoms with van der Waals surface area (Å²) >= 11 is 0. The number of amides is 1. The average molecular weight is 320 g/mol. The molecule has 1 heterocycles. The lowest BCUT2D eigenvalue weighted by molar-refractivity contribution is 0.0122. The topological polar surface area (TPSA) is 50.8 Å². The van der Waals surface area contributed by atoms with E-state index in [1.165, 1.54) is 0 Å². The molecular formula is C18H28N2O3. The maximum atomic E-state index is 11.9. The molecule has 1 unspecified atom stereocenters. The van der Waals surface area contributed by atoms with Crippen LogP contribution in [0.15, 0.2) is 30.3 Å². The smallest absolute Gasteiger partial charge is 0.407 e. The van der Waals surface area contributed by atoms with E-state index in [1.807, 2.05) is 30.3 Å². The first kappa shape index (κ1) is 17.8. The lowest BCUT2D eigenvalue weighted by Gasteiger charge is -2.35. The highest BCUT2D eigenvalue weighted by molar-refractivity contribution is 5.67. The third-order valence-electron chi connectivity index (χ3n) is 4.00. The fourth-order valence-electron chi connectivity index (χ4n) is 2.82. The molecule has 128 valence electrons. The van der Waals surface area contributed by atoms with Crippen molar-refractivity contribution in [2.45, 2.75) is 32.9 Å². The van der Waals surface area contributed by atoms with E-state index in [0.29, 0.717) is 25.1 Å². The van der Waals surface area contributed by atoms with E-state index in [-0.39, 0.29) is 6.09 Å². The number of benzene rings is 1. The monoisotopic (exact) mass is 320 g/mol. The number of nitrogens with zero attached hydrogens (tertiary/aromatic N) is 1. The van der Waals surface area contributed by atoms with Crippen molar-refractivity contribution in [3.05, 3.63) is 35.9 Å². The number of hydrogen-bond acceptors (Lipinski definition) is 4. The van der Waals surface area contributed by atoms with Gasteiger partial charge in [0.15, 0.2) is 0 Å². The highest BCUT2D eigenvalue weighted by Crippen LogP contribution is 2.13. The second-order valence-electron chi connectivity index (χ2n) is 6.37. The van der Waals surface area contributed by atoms with Gasteiger partial charge in [-0.2, -0.15) is 0 Å². The molecule has 1 aliphatic rings. The van der Waals surface area contributed by atoms with E-state index >= 15 is 0 Å². The van der Waals surface area contributed by atoms with E-state index < -0.39 is 0 Å². The zero-order valence-corrected chi connectivity index (χ0v) is 14.2. The van der Waals surface area contributed by atoms with Crippen molar-refractivity contribution < 1.29 is 14.3 Å². The van der Waals surface area contributed by atoms with Crippen LogP contribution in [0, 0.1) is 5.92 Å². The number of carbonyl (C=O) groups is 1. The molecule has 1 N–H and O–H groups in total. The summed E-state index contributed by atoms with van der Waals surface area (Å²) in [6, 6.07) is 10.1. The maximum Gasteiger partial charge on any atom is 0.407 e. The number of alkyl carbamates (subject to hydrolysis) is 1. The first-order chi connectivity index (χ1) is 11.1. The van der Waals surface area contributed by atoms with Crippen LogP contribution in [0.25, 0.3) is 0 Å². The molecule has 5 heteroatoms. The molecule has 1 amide bonds. The Morgan fingerprint density at radius 2 is 1.96 bits per heavy atom. The first-order valence-electron chi connectivity index (χ1n) is 8.41. The molecule has 5 nitrogen and oxygen atoms in total. The van der Waals surface area contributed by atoms with Crippen LogP contribution in [-0.4, -0.2) is 49.9 Å². The standard InChI is InChI=1S/C18H28N2O3/c1-15(2)12-17(20-8-10-22-11-9-20)13-19-18(21)23-14-16-6-4-3-5-7-16/h3-7,15,17H,8-14H2,1-2H3,(H,19,21). The quantitative estimate of drug-likeness (QED) is 0.839. The molecular weight excluding hydrogens is 292 g/mol. The molecule has 23 heavy (non-hydrogen) atoms. The summed E-state index contributed by atoms with van der Waals surface area (Å²) in [4.78, 5) is 14.3. The molecule has 1 saturated heterocycles. The van der Waals surface area contributed by atoms with Gasteiger partial charge in [-0.05, 0) is 17.9 Å². The van der Waals surface area contributed by atoms with Crippen LogP contribution in [-0.2, 0) is 16.1 Å². The molecule has 1 aliphatic heterocycles.